The van der Waals surface area contributed by atoms with Crippen LogP contribution < -0.4 is 0 Å². The van der Waals surface area contributed by atoms with Crippen molar-refractivity contribution in [1.29, 1.82) is 0 Å². The van der Waals surface area contributed by atoms with E-state index >= 15 is 0 Å². The molecule has 0 amide bonds. The van der Waals surface area contributed by atoms with Gasteiger partial charge in [-0.2, -0.15) is 5.10 Å². The van der Waals surface area contributed by atoms with Crippen molar-refractivity contribution < 1.29 is 0 Å². The molecule has 0 aliphatic carbocycles. The fourth-order valence-corrected chi connectivity index (χ4v) is 1.71. The van der Waals surface area contributed by atoms with Crippen molar-refractivity contribution in [3.05, 3.63) is 53.9 Å². The second kappa shape index (κ2) is 5.12. The zero-order valence-corrected chi connectivity index (χ0v) is 10.7. The molecule has 0 N–H and O–H groups in total. The molecule has 0 bridgehead atoms. The van der Waals surface area contributed by atoms with Crippen molar-refractivity contribution >= 4 is 22.0 Å². The number of halogens is 1. The lowest BCUT2D eigenvalue weighted by atomic mass is 10.2. The lowest BCUT2D eigenvalue weighted by Crippen LogP contribution is -1.93. The summed E-state index contributed by atoms with van der Waals surface area (Å²) in [7, 11) is 0. The van der Waals surface area contributed by atoms with Gasteiger partial charge in [-0.15, -0.1) is 0 Å². The van der Waals surface area contributed by atoms with Crippen molar-refractivity contribution in [2.45, 2.75) is 6.92 Å². The number of para-hydroxylation sites is 1. The Hall–Kier alpha value is -1.35. The minimum absolute atomic E-state index is 0.864. The number of allylic oxidation sites excluding steroid dienone is 1. The Kier molecular flexibility index (Phi) is 3.57. The summed E-state index contributed by atoms with van der Waals surface area (Å²) in [4.78, 5) is 0. The van der Waals surface area contributed by atoms with Gasteiger partial charge in [0.1, 0.15) is 0 Å². The van der Waals surface area contributed by atoms with Crippen LogP contribution in [0.15, 0.2) is 42.6 Å². The molecule has 0 saturated heterocycles. The van der Waals surface area contributed by atoms with E-state index in [2.05, 4.69) is 33.2 Å². The molecule has 1 heterocycles. The fourth-order valence-electron chi connectivity index (χ4n) is 1.52. The van der Waals surface area contributed by atoms with E-state index in [1.807, 2.05) is 48.1 Å². The Morgan fingerprint density at radius 2 is 2.06 bits per heavy atom. The van der Waals surface area contributed by atoms with Gasteiger partial charge in [0.2, 0.25) is 0 Å². The first-order valence-electron chi connectivity index (χ1n) is 5.15. The third-order valence-electron chi connectivity index (χ3n) is 2.34. The Morgan fingerprint density at radius 1 is 1.31 bits per heavy atom. The molecule has 0 spiro atoms. The van der Waals surface area contributed by atoms with E-state index in [0.29, 0.717) is 0 Å². The third kappa shape index (κ3) is 2.42. The molecule has 0 radical (unpaired) electrons. The summed E-state index contributed by atoms with van der Waals surface area (Å²) in [6.45, 7) is 2.02. The fraction of sp³-hybridized carbons (Fsp3) is 0.154. The predicted octanol–water partition coefficient (Wildman–Crippen LogP) is 3.59. The molecule has 82 valence electrons. The molecule has 2 aromatic rings. The highest BCUT2D eigenvalue weighted by Gasteiger charge is 2.02. The van der Waals surface area contributed by atoms with Crippen LogP contribution in [0, 0.1) is 6.92 Å². The normalized spacial score (nSPS) is 11.1. The van der Waals surface area contributed by atoms with Gasteiger partial charge in [-0.25, -0.2) is 4.68 Å². The smallest absolute Gasteiger partial charge is 0.0670 e. The summed E-state index contributed by atoms with van der Waals surface area (Å²) in [5, 5.41) is 5.35. The molecule has 0 aliphatic heterocycles. The SMILES string of the molecule is Cc1nn(-c2ccccc2)cc1C=CCBr. The summed E-state index contributed by atoms with van der Waals surface area (Å²) < 4.78 is 1.91. The first-order valence-corrected chi connectivity index (χ1v) is 6.27. The monoisotopic (exact) mass is 276 g/mol. The standard InChI is InChI=1S/C13H13BrN2/c1-11-12(6-5-9-14)10-16(15-11)13-7-3-2-4-8-13/h2-8,10H,9H2,1H3. The molecular formula is C13H13BrN2. The number of benzene rings is 1. The third-order valence-corrected chi connectivity index (χ3v) is 2.72. The van der Waals surface area contributed by atoms with Crippen LogP contribution in [-0.2, 0) is 0 Å². The maximum atomic E-state index is 4.48. The van der Waals surface area contributed by atoms with E-state index in [1.54, 1.807) is 0 Å². The zero-order valence-electron chi connectivity index (χ0n) is 9.10. The van der Waals surface area contributed by atoms with Crippen LogP contribution >= 0.6 is 15.9 Å². The summed E-state index contributed by atoms with van der Waals surface area (Å²) in [6, 6.07) is 10.1. The molecule has 0 aliphatic rings. The van der Waals surface area contributed by atoms with Crippen molar-refractivity contribution in [3.63, 3.8) is 0 Å². The van der Waals surface area contributed by atoms with Crippen molar-refractivity contribution in [2.75, 3.05) is 5.33 Å². The number of nitrogens with zero attached hydrogens (tertiary/aromatic N) is 2. The highest BCUT2D eigenvalue weighted by atomic mass is 79.9. The minimum atomic E-state index is 0.864. The lowest BCUT2D eigenvalue weighted by molar-refractivity contribution is 0.863. The van der Waals surface area contributed by atoms with Crippen LogP contribution in [0.2, 0.25) is 0 Å². The Labute approximate surface area is 104 Å². The van der Waals surface area contributed by atoms with E-state index < -0.39 is 0 Å². The van der Waals surface area contributed by atoms with Gasteiger partial charge >= 0.3 is 0 Å². The number of hydrogen-bond donors (Lipinski definition) is 0. The van der Waals surface area contributed by atoms with Gasteiger partial charge in [-0.1, -0.05) is 46.3 Å². The second-order valence-corrected chi connectivity index (χ2v) is 4.15. The van der Waals surface area contributed by atoms with E-state index in [1.165, 1.54) is 0 Å². The van der Waals surface area contributed by atoms with Crippen LogP contribution in [0.4, 0.5) is 0 Å². The summed E-state index contributed by atoms with van der Waals surface area (Å²) in [5.74, 6) is 0. The second-order valence-electron chi connectivity index (χ2n) is 3.51. The minimum Gasteiger partial charge on any atom is -0.240 e. The van der Waals surface area contributed by atoms with E-state index in [9.17, 15) is 0 Å². The van der Waals surface area contributed by atoms with Crippen LogP contribution in [0.1, 0.15) is 11.3 Å². The van der Waals surface area contributed by atoms with Crippen LogP contribution in [0.3, 0.4) is 0 Å². The summed E-state index contributed by atoms with van der Waals surface area (Å²) in [6.07, 6.45) is 6.19. The van der Waals surface area contributed by atoms with Crippen LogP contribution in [0.25, 0.3) is 11.8 Å². The van der Waals surface area contributed by atoms with Crippen LogP contribution in [0.5, 0.6) is 0 Å². The van der Waals surface area contributed by atoms with Crippen molar-refractivity contribution in [1.82, 2.24) is 9.78 Å². The number of rotatable bonds is 3. The molecule has 0 fully saturated rings. The average molecular weight is 277 g/mol. The Morgan fingerprint density at radius 3 is 2.75 bits per heavy atom. The first kappa shape index (κ1) is 11.1. The molecule has 3 heteroatoms. The van der Waals surface area contributed by atoms with Crippen LogP contribution in [-0.4, -0.2) is 15.1 Å². The summed E-state index contributed by atoms with van der Waals surface area (Å²) in [5.41, 5.74) is 3.29. The molecule has 2 nitrogen and oxygen atoms in total. The number of aryl methyl sites for hydroxylation is 1. The number of hydrogen-bond acceptors (Lipinski definition) is 1. The number of alkyl halides is 1. The highest BCUT2D eigenvalue weighted by Crippen LogP contribution is 2.13. The zero-order chi connectivity index (χ0) is 11.4. The van der Waals surface area contributed by atoms with Gasteiger partial charge in [0, 0.05) is 17.1 Å². The quantitative estimate of drug-likeness (QED) is 0.784. The molecule has 0 atom stereocenters. The maximum absolute atomic E-state index is 4.48. The lowest BCUT2D eigenvalue weighted by Gasteiger charge is -1.98. The van der Waals surface area contributed by atoms with E-state index in [0.717, 1.165) is 22.3 Å². The van der Waals surface area contributed by atoms with Crippen molar-refractivity contribution in [3.8, 4) is 5.69 Å². The summed E-state index contributed by atoms with van der Waals surface area (Å²) >= 11 is 3.37. The predicted molar refractivity (Wildman–Crippen MR) is 71.1 cm³/mol. The molecule has 0 unspecified atom stereocenters. The molecule has 1 aromatic heterocycles. The number of aromatic nitrogens is 2. The largest absolute Gasteiger partial charge is 0.240 e. The van der Waals surface area contributed by atoms with E-state index in [4.69, 9.17) is 0 Å². The first-order chi connectivity index (χ1) is 7.81. The maximum Gasteiger partial charge on any atom is 0.0670 e. The van der Waals surface area contributed by atoms with Gasteiger partial charge in [0.25, 0.3) is 0 Å². The molecule has 0 saturated carbocycles. The average Bonchev–Trinajstić information content (AvgIpc) is 2.69. The van der Waals surface area contributed by atoms with Gasteiger partial charge in [-0.05, 0) is 19.1 Å². The van der Waals surface area contributed by atoms with E-state index in [-0.39, 0.29) is 0 Å². The van der Waals surface area contributed by atoms with Gasteiger partial charge < -0.3 is 0 Å². The molecule has 2 rings (SSSR count). The van der Waals surface area contributed by atoms with Crippen molar-refractivity contribution in [2.24, 2.45) is 0 Å². The molecule has 16 heavy (non-hydrogen) atoms. The van der Waals surface area contributed by atoms with Gasteiger partial charge in [-0.3, -0.25) is 0 Å². The highest BCUT2D eigenvalue weighted by molar-refractivity contribution is 9.09. The molecular weight excluding hydrogens is 264 g/mol. The Bertz CT molecular complexity index is 486. The Balaban J connectivity index is 2.35. The van der Waals surface area contributed by atoms with Gasteiger partial charge in [0.15, 0.2) is 0 Å². The topological polar surface area (TPSA) is 17.8 Å². The molecule has 1 aromatic carbocycles. The van der Waals surface area contributed by atoms with Gasteiger partial charge in [0.05, 0.1) is 11.4 Å².